The lowest BCUT2D eigenvalue weighted by atomic mass is 10.1. The van der Waals surface area contributed by atoms with Gasteiger partial charge in [0.05, 0.1) is 25.3 Å². The van der Waals surface area contributed by atoms with Gasteiger partial charge >= 0.3 is 12.3 Å². The summed E-state index contributed by atoms with van der Waals surface area (Å²) in [5.41, 5.74) is -0.770. The van der Waals surface area contributed by atoms with E-state index in [9.17, 15) is 22.8 Å². The molecule has 5 nitrogen and oxygen atoms in total. The molecule has 8 heteroatoms. The van der Waals surface area contributed by atoms with Crippen molar-refractivity contribution < 1.29 is 32.2 Å². The van der Waals surface area contributed by atoms with Gasteiger partial charge in [0.15, 0.2) is 0 Å². The van der Waals surface area contributed by atoms with E-state index in [1.807, 2.05) is 0 Å². The van der Waals surface area contributed by atoms with Gasteiger partial charge in [-0.05, 0) is 27.7 Å². The number of hydrogen-bond donors (Lipinski definition) is 0. The summed E-state index contributed by atoms with van der Waals surface area (Å²) in [6, 6.07) is -1.43. The second-order valence-electron chi connectivity index (χ2n) is 6.05. The Hall–Kier alpha value is -1.31. The fourth-order valence-electron chi connectivity index (χ4n) is 2.03. The topological polar surface area (TPSA) is 55.8 Å². The molecule has 1 rings (SSSR count). The van der Waals surface area contributed by atoms with E-state index in [0.29, 0.717) is 0 Å². The molecule has 0 spiro atoms. The molecule has 0 bridgehead atoms. The van der Waals surface area contributed by atoms with Gasteiger partial charge in [0.25, 0.3) is 0 Å². The van der Waals surface area contributed by atoms with Gasteiger partial charge in [-0.25, -0.2) is 4.79 Å². The predicted octanol–water partition coefficient (Wildman–Crippen LogP) is 2.53. The number of amides is 1. The predicted molar refractivity (Wildman–Crippen MR) is 67.8 cm³/mol. The van der Waals surface area contributed by atoms with Crippen molar-refractivity contribution in [2.75, 3.05) is 13.2 Å². The molecular weight excluding hydrogens is 291 g/mol. The highest BCUT2D eigenvalue weighted by atomic mass is 19.4. The summed E-state index contributed by atoms with van der Waals surface area (Å²) in [5, 5.41) is 0. The lowest BCUT2D eigenvalue weighted by Crippen LogP contribution is -2.56. The minimum absolute atomic E-state index is 0.120. The number of ether oxygens (including phenoxy) is 2. The van der Waals surface area contributed by atoms with E-state index in [0.717, 1.165) is 0 Å². The number of nitrogens with zero attached hydrogens (tertiary/aromatic N) is 1. The van der Waals surface area contributed by atoms with Crippen LogP contribution in [0.2, 0.25) is 0 Å². The molecule has 2 unspecified atom stereocenters. The Bertz CT molecular complexity index is 403. The summed E-state index contributed by atoms with van der Waals surface area (Å²) in [4.78, 5) is 24.4. The molecule has 0 N–H and O–H groups in total. The van der Waals surface area contributed by atoms with Gasteiger partial charge in [-0.3, -0.25) is 9.69 Å². The maximum atomic E-state index is 12.4. The Morgan fingerprint density at radius 3 is 2.29 bits per heavy atom. The second kappa shape index (κ2) is 6.21. The van der Waals surface area contributed by atoms with Crippen molar-refractivity contribution in [3.05, 3.63) is 0 Å². The largest absolute Gasteiger partial charge is 0.450 e. The Kier molecular flexibility index (Phi) is 5.25. The van der Waals surface area contributed by atoms with Gasteiger partial charge < -0.3 is 9.47 Å². The molecule has 0 aromatic rings. The number of alkyl halides is 3. The molecule has 1 heterocycles. The van der Waals surface area contributed by atoms with Crippen molar-refractivity contribution >= 4 is 11.9 Å². The first-order valence-electron chi connectivity index (χ1n) is 6.61. The number of ketones is 1. The quantitative estimate of drug-likeness (QED) is 0.786. The monoisotopic (exact) mass is 311 g/mol. The van der Waals surface area contributed by atoms with Gasteiger partial charge in [-0.15, -0.1) is 0 Å². The summed E-state index contributed by atoms with van der Waals surface area (Å²) in [6.07, 6.45) is -6.48. The molecule has 1 amide bonds. The molecule has 1 fully saturated rings. The van der Waals surface area contributed by atoms with Crippen LogP contribution >= 0.6 is 0 Å². The van der Waals surface area contributed by atoms with Crippen LogP contribution in [0.5, 0.6) is 0 Å². The van der Waals surface area contributed by atoms with E-state index in [1.54, 1.807) is 27.7 Å². The van der Waals surface area contributed by atoms with Gasteiger partial charge in [0.2, 0.25) is 5.78 Å². The molecule has 21 heavy (non-hydrogen) atoms. The van der Waals surface area contributed by atoms with Gasteiger partial charge in [0.1, 0.15) is 5.60 Å². The molecule has 0 aromatic heterocycles. The van der Waals surface area contributed by atoms with Crippen LogP contribution in [-0.2, 0) is 14.3 Å². The number of halogens is 3. The number of Topliss-reactive ketones (excluding diaryl/α,β-unsaturated/α-hetero) is 1. The first-order valence-corrected chi connectivity index (χ1v) is 6.61. The third-order valence-corrected chi connectivity index (χ3v) is 2.88. The van der Waals surface area contributed by atoms with E-state index in [4.69, 9.17) is 9.47 Å². The van der Waals surface area contributed by atoms with E-state index in [1.165, 1.54) is 4.90 Å². The molecule has 0 saturated carbocycles. The SMILES string of the molecule is CC1COCC(CC(=O)C(F)(F)F)N1C(=O)OC(C)(C)C. The van der Waals surface area contributed by atoms with E-state index >= 15 is 0 Å². The fraction of sp³-hybridized carbons (Fsp3) is 0.846. The maximum Gasteiger partial charge on any atom is 0.450 e. The van der Waals surface area contributed by atoms with Crippen LogP contribution in [0.15, 0.2) is 0 Å². The summed E-state index contributed by atoms with van der Waals surface area (Å²) in [6.45, 7) is 6.68. The van der Waals surface area contributed by atoms with Gasteiger partial charge in [-0.2, -0.15) is 13.2 Å². The zero-order valence-electron chi connectivity index (χ0n) is 12.5. The molecular formula is C13H20F3NO4. The highest BCUT2D eigenvalue weighted by Crippen LogP contribution is 2.25. The molecule has 122 valence electrons. The average Bonchev–Trinajstić information content (AvgIpc) is 2.24. The lowest BCUT2D eigenvalue weighted by molar-refractivity contribution is -0.173. The number of carbonyl (C=O) groups excluding carboxylic acids is 2. The summed E-state index contributed by atoms with van der Waals surface area (Å²) in [5.74, 6) is -1.88. The number of carbonyl (C=O) groups is 2. The van der Waals surface area contributed by atoms with E-state index in [-0.39, 0.29) is 13.2 Å². The zero-order chi connectivity index (χ0) is 16.4. The summed E-state index contributed by atoms with van der Waals surface area (Å²) >= 11 is 0. The highest BCUT2D eigenvalue weighted by Gasteiger charge is 2.43. The van der Waals surface area contributed by atoms with Crippen molar-refractivity contribution in [2.24, 2.45) is 0 Å². The average molecular weight is 311 g/mol. The molecule has 2 atom stereocenters. The van der Waals surface area contributed by atoms with Crippen molar-refractivity contribution in [3.63, 3.8) is 0 Å². The highest BCUT2D eigenvalue weighted by molar-refractivity contribution is 5.85. The third kappa shape index (κ3) is 5.18. The normalized spacial score (nSPS) is 23.9. The fourth-order valence-corrected chi connectivity index (χ4v) is 2.03. The number of rotatable bonds is 2. The van der Waals surface area contributed by atoms with Crippen molar-refractivity contribution in [1.29, 1.82) is 0 Å². The Morgan fingerprint density at radius 1 is 1.24 bits per heavy atom. The van der Waals surface area contributed by atoms with Crippen molar-refractivity contribution in [3.8, 4) is 0 Å². The molecule has 0 aliphatic carbocycles. The molecule has 1 saturated heterocycles. The third-order valence-electron chi connectivity index (χ3n) is 2.88. The Labute approximate surface area is 121 Å². The Balaban J connectivity index is 2.84. The lowest BCUT2D eigenvalue weighted by Gasteiger charge is -2.40. The summed E-state index contributed by atoms with van der Waals surface area (Å²) in [7, 11) is 0. The Morgan fingerprint density at radius 2 is 1.81 bits per heavy atom. The minimum Gasteiger partial charge on any atom is -0.444 e. The maximum absolute atomic E-state index is 12.4. The first-order chi connectivity index (χ1) is 9.42. The summed E-state index contributed by atoms with van der Waals surface area (Å²) < 4.78 is 47.5. The smallest absolute Gasteiger partial charge is 0.444 e. The molecule has 0 radical (unpaired) electrons. The standard InChI is InChI=1S/C13H20F3NO4/c1-8-6-20-7-9(5-10(18)13(14,15)16)17(8)11(19)21-12(2,3)4/h8-9H,5-7H2,1-4H3. The minimum atomic E-state index is -4.92. The van der Waals surface area contributed by atoms with Crippen LogP contribution in [-0.4, -0.2) is 53.9 Å². The van der Waals surface area contributed by atoms with Crippen LogP contribution in [0.4, 0.5) is 18.0 Å². The van der Waals surface area contributed by atoms with Crippen LogP contribution in [0.3, 0.4) is 0 Å². The van der Waals surface area contributed by atoms with Crippen LogP contribution in [0.25, 0.3) is 0 Å². The first kappa shape index (κ1) is 17.7. The van der Waals surface area contributed by atoms with Gasteiger partial charge in [0, 0.05) is 6.42 Å². The molecule has 1 aliphatic heterocycles. The number of morpholine rings is 1. The second-order valence-corrected chi connectivity index (χ2v) is 6.05. The van der Waals surface area contributed by atoms with Crippen LogP contribution < -0.4 is 0 Å². The molecule has 0 aromatic carbocycles. The van der Waals surface area contributed by atoms with Crippen LogP contribution in [0, 0.1) is 0 Å². The van der Waals surface area contributed by atoms with Crippen LogP contribution in [0.1, 0.15) is 34.1 Å². The van der Waals surface area contributed by atoms with Crippen molar-refractivity contribution in [1.82, 2.24) is 4.90 Å². The van der Waals surface area contributed by atoms with Crippen molar-refractivity contribution in [2.45, 2.75) is 58.0 Å². The van der Waals surface area contributed by atoms with Gasteiger partial charge in [-0.1, -0.05) is 0 Å². The van der Waals surface area contributed by atoms with E-state index in [2.05, 4.69) is 0 Å². The van der Waals surface area contributed by atoms with E-state index < -0.39 is 42.2 Å². The number of hydrogen-bond acceptors (Lipinski definition) is 4. The molecule has 1 aliphatic rings. The zero-order valence-corrected chi connectivity index (χ0v) is 12.5.